The Hall–Kier alpha value is -5.04. The van der Waals surface area contributed by atoms with Crippen LogP contribution in [0, 0.1) is 0 Å². The van der Waals surface area contributed by atoms with Crippen molar-refractivity contribution in [2.24, 2.45) is 0 Å². The minimum atomic E-state index is 0.931. The minimum absolute atomic E-state index is 0.931. The number of pyridine rings is 2. The van der Waals surface area contributed by atoms with Crippen LogP contribution in [0.5, 0.6) is 0 Å². The Morgan fingerprint density at radius 2 is 0.929 bits per heavy atom. The van der Waals surface area contributed by atoms with Crippen LogP contribution in [0.1, 0.15) is 0 Å². The Kier molecular flexibility index (Phi) is 6.13. The van der Waals surface area contributed by atoms with Crippen LogP contribution in [0.15, 0.2) is 133 Å². The van der Waals surface area contributed by atoms with E-state index < -0.39 is 0 Å². The van der Waals surface area contributed by atoms with Gasteiger partial charge in [-0.3, -0.25) is 9.97 Å². The van der Waals surface area contributed by atoms with Gasteiger partial charge in [-0.05, 0) is 63.0 Å². The Morgan fingerprint density at radius 1 is 0.405 bits per heavy atom. The highest BCUT2D eigenvalue weighted by molar-refractivity contribution is 7.13. The quantitative estimate of drug-likeness (QED) is 0.192. The van der Waals surface area contributed by atoms with Crippen molar-refractivity contribution in [3.05, 3.63) is 133 Å². The maximum Gasteiger partial charge on any atom is 0.124 e. The number of nitrogens with zero attached hydrogens (tertiary/aromatic N) is 4. The Bertz CT molecular complexity index is 2150. The van der Waals surface area contributed by atoms with Crippen LogP contribution < -0.4 is 0 Å². The summed E-state index contributed by atoms with van der Waals surface area (Å²) in [5.74, 6) is 0. The van der Waals surface area contributed by atoms with E-state index in [1.54, 1.807) is 22.7 Å². The lowest BCUT2D eigenvalue weighted by Gasteiger charge is -2.18. The molecule has 0 radical (unpaired) electrons. The first-order valence-corrected chi connectivity index (χ1v) is 15.4. The number of thiazole rings is 2. The molecule has 0 N–H and O–H groups in total. The van der Waals surface area contributed by atoms with Crippen molar-refractivity contribution in [3.63, 3.8) is 0 Å². The van der Waals surface area contributed by atoms with E-state index in [1.165, 1.54) is 5.56 Å². The minimum Gasteiger partial charge on any atom is -0.255 e. The summed E-state index contributed by atoms with van der Waals surface area (Å²) in [7, 11) is 0. The number of rotatable bonds is 5. The summed E-state index contributed by atoms with van der Waals surface area (Å²) in [5, 5.41) is 10.5. The molecule has 42 heavy (non-hydrogen) atoms. The van der Waals surface area contributed by atoms with Gasteiger partial charge in [-0.2, -0.15) is 0 Å². The molecule has 4 heterocycles. The van der Waals surface area contributed by atoms with Crippen LogP contribution in [-0.2, 0) is 0 Å². The fourth-order valence-corrected chi connectivity index (χ4v) is 6.87. The summed E-state index contributed by atoms with van der Waals surface area (Å²) in [4.78, 5) is 18.9. The molecule has 0 saturated heterocycles. The van der Waals surface area contributed by atoms with E-state index in [0.717, 1.165) is 70.8 Å². The van der Waals surface area contributed by atoms with Crippen molar-refractivity contribution in [1.82, 2.24) is 19.9 Å². The van der Waals surface area contributed by atoms with E-state index in [4.69, 9.17) is 9.97 Å². The molecule has 0 aliphatic heterocycles. The maximum atomic E-state index is 5.00. The van der Waals surface area contributed by atoms with Gasteiger partial charge in [0.2, 0.25) is 0 Å². The predicted molar refractivity (Wildman–Crippen MR) is 176 cm³/mol. The van der Waals surface area contributed by atoms with Crippen molar-refractivity contribution in [2.75, 3.05) is 0 Å². The molecule has 0 unspecified atom stereocenters. The first kappa shape index (κ1) is 24.7. The summed E-state index contributed by atoms with van der Waals surface area (Å²) in [6.45, 7) is 0. The lowest BCUT2D eigenvalue weighted by atomic mass is 9.87. The highest BCUT2D eigenvalue weighted by atomic mass is 32.1. The van der Waals surface area contributed by atoms with Gasteiger partial charge in [-0.15, -0.1) is 22.7 Å². The third-order valence-electron chi connectivity index (χ3n) is 7.53. The van der Waals surface area contributed by atoms with Gasteiger partial charge in [-0.25, -0.2) is 9.97 Å². The average molecular weight is 575 g/mol. The molecule has 0 aliphatic rings. The molecule has 4 nitrogen and oxygen atoms in total. The van der Waals surface area contributed by atoms with Gasteiger partial charge < -0.3 is 0 Å². The Morgan fingerprint density at radius 3 is 1.45 bits per heavy atom. The first-order chi connectivity index (χ1) is 20.8. The fraction of sp³-hybridized carbons (Fsp3) is 0. The van der Waals surface area contributed by atoms with E-state index in [1.807, 2.05) is 35.5 Å². The average Bonchev–Trinajstić information content (AvgIpc) is 3.80. The standard InChI is InChI=1S/C36H22N4S2/c1-2-6-23(7-3-1)24-10-13-29-30(20-24)34(32-15-12-26(22-40-32)36-38-17-19-42-36)28-9-5-4-8-27(28)33(29)31-14-11-25(21-39-31)35-37-16-18-41-35/h1-22H. The smallest absolute Gasteiger partial charge is 0.124 e. The van der Waals surface area contributed by atoms with Crippen LogP contribution in [0.25, 0.3) is 76.3 Å². The van der Waals surface area contributed by atoms with Gasteiger partial charge in [0.05, 0.1) is 11.4 Å². The second-order valence-electron chi connectivity index (χ2n) is 9.96. The van der Waals surface area contributed by atoms with Crippen LogP contribution in [0.3, 0.4) is 0 Å². The molecule has 0 bridgehead atoms. The number of benzene rings is 4. The van der Waals surface area contributed by atoms with Crippen molar-refractivity contribution >= 4 is 44.2 Å². The molecule has 0 amide bonds. The maximum absolute atomic E-state index is 5.00. The SMILES string of the molecule is c1ccc(-c2ccc3c(-c4ccc(-c5nccs5)cn4)c4ccccc4c(-c4ccc(-c5nccs5)cn4)c3c2)cc1. The van der Waals surface area contributed by atoms with Gasteiger partial charge >= 0.3 is 0 Å². The third kappa shape index (κ3) is 4.29. The summed E-state index contributed by atoms with van der Waals surface area (Å²) in [6, 6.07) is 34.3. The normalized spacial score (nSPS) is 11.3. The summed E-state index contributed by atoms with van der Waals surface area (Å²) >= 11 is 3.24. The molecule has 0 spiro atoms. The molecule has 4 aromatic carbocycles. The van der Waals surface area contributed by atoms with Crippen LogP contribution in [0.4, 0.5) is 0 Å². The number of fused-ring (bicyclic) bond motifs is 2. The van der Waals surface area contributed by atoms with E-state index >= 15 is 0 Å². The van der Waals surface area contributed by atoms with Crippen molar-refractivity contribution < 1.29 is 0 Å². The Balaban J connectivity index is 1.40. The monoisotopic (exact) mass is 574 g/mol. The van der Waals surface area contributed by atoms with Gasteiger partial charge in [0, 0.05) is 57.8 Å². The number of hydrogen-bond acceptors (Lipinski definition) is 6. The van der Waals surface area contributed by atoms with E-state index in [0.29, 0.717) is 0 Å². The molecule has 0 atom stereocenters. The second kappa shape index (κ2) is 10.4. The van der Waals surface area contributed by atoms with E-state index in [2.05, 4.69) is 107 Å². The summed E-state index contributed by atoms with van der Waals surface area (Å²) < 4.78 is 0. The molecular weight excluding hydrogens is 553 g/mol. The molecule has 8 aromatic rings. The van der Waals surface area contributed by atoms with Gasteiger partial charge in [0.1, 0.15) is 10.0 Å². The molecule has 4 aromatic heterocycles. The van der Waals surface area contributed by atoms with E-state index in [-0.39, 0.29) is 0 Å². The van der Waals surface area contributed by atoms with Gasteiger partial charge in [-0.1, -0.05) is 66.7 Å². The molecule has 0 aliphatic carbocycles. The lowest BCUT2D eigenvalue weighted by molar-refractivity contribution is 1.31. The number of aromatic nitrogens is 4. The zero-order valence-corrected chi connectivity index (χ0v) is 23.9. The fourth-order valence-electron chi connectivity index (χ4n) is 5.61. The van der Waals surface area contributed by atoms with Crippen LogP contribution >= 0.6 is 22.7 Å². The van der Waals surface area contributed by atoms with Crippen molar-refractivity contribution in [2.45, 2.75) is 0 Å². The molecule has 198 valence electrons. The highest BCUT2D eigenvalue weighted by Gasteiger charge is 2.19. The van der Waals surface area contributed by atoms with Gasteiger partial charge in [0.25, 0.3) is 0 Å². The highest BCUT2D eigenvalue weighted by Crippen LogP contribution is 2.44. The van der Waals surface area contributed by atoms with E-state index in [9.17, 15) is 0 Å². The Labute approximate surface area is 250 Å². The van der Waals surface area contributed by atoms with Gasteiger partial charge in [0.15, 0.2) is 0 Å². The van der Waals surface area contributed by atoms with Crippen LogP contribution in [-0.4, -0.2) is 19.9 Å². The molecule has 6 heteroatoms. The zero-order chi connectivity index (χ0) is 27.9. The zero-order valence-electron chi connectivity index (χ0n) is 22.3. The molecule has 0 saturated carbocycles. The molecule has 8 rings (SSSR count). The largest absolute Gasteiger partial charge is 0.255 e. The third-order valence-corrected chi connectivity index (χ3v) is 9.17. The summed E-state index contributed by atoms with van der Waals surface area (Å²) in [5.41, 5.74) is 8.49. The lowest BCUT2D eigenvalue weighted by Crippen LogP contribution is -1.94. The topological polar surface area (TPSA) is 51.6 Å². The second-order valence-corrected chi connectivity index (χ2v) is 11.7. The first-order valence-electron chi connectivity index (χ1n) is 13.6. The summed E-state index contributed by atoms with van der Waals surface area (Å²) in [6.07, 6.45) is 7.52. The van der Waals surface area contributed by atoms with Crippen LogP contribution in [0.2, 0.25) is 0 Å². The molecule has 0 fully saturated rings. The molecular formula is C36H22N4S2. The predicted octanol–water partition coefficient (Wildman–Crippen LogP) is 10.0. The van der Waals surface area contributed by atoms with Crippen molar-refractivity contribution in [1.29, 1.82) is 0 Å². The van der Waals surface area contributed by atoms with Crippen molar-refractivity contribution in [3.8, 4) is 54.8 Å². The number of hydrogen-bond donors (Lipinski definition) is 0.